The number of nitrogens with zero attached hydrogens (tertiary/aromatic N) is 3. The van der Waals surface area contributed by atoms with Crippen LogP contribution in [0.25, 0.3) is 11.1 Å². The zero-order chi connectivity index (χ0) is 17.4. The molecule has 1 aromatic carbocycles. The Bertz CT molecular complexity index is 1010. The molecule has 4 rings (SSSR count). The number of rotatable bonds is 3. The molecule has 25 heavy (non-hydrogen) atoms. The molecule has 0 fully saturated rings. The number of thiazole rings is 1. The van der Waals surface area contributed by atoms with Crippen LogP contribution in [0.4, 0.5) is 5.69 Å². The van der Waals surface area contributed by atoms with Gasteiger partial charge in [-0.05, 0) is 41.3 Å². The Balaban J connectivity index is 1.66. The van der Waals surface area contributed by atoms with Crippen LogP contribution in [0.3, 0.4) is 0 Å². The number of amides is 1. The molecule has 0 saturated heterocycles. The maximum Gasteiger partial charge on any atom is 0.307 e. The topological polar surface area (TPSA) is 55.2 Å². The number of carbonyl (C=O) groups is 1. The number of carbonyl (C=O) groups excluding carboxylic acids is 1. The average Bonchev–Trinajstić information content (AvgIpc) is 3.03. The Morgan fingerprint density at radius 2 is 2.00 bits per heavy atom. The van der Waals surface area contributed by atoms with Gasteiger partial charge in [0.05, 0.1) is 6.54 Å². The first-order chi connectivity index (χ1) is 12.1. The number of aryl methyl sites for hydroxylation is 1. The second-order valence-corrected chi connectivity index (χ2v) is 7.03. The Morgan fingerprint density at radius 1 is 1.12 bits per heavy atom. The highest BCUT2D eigenvalue weighted by molar-refractivity contribution is 7.07. The summed E-state index contributed by atoms with van der Waals surface area (Å²) in [6.45, 7) is 0.519. The van der Waals surface area contributed by atoms with Crippen LogP contribution in [-0.2, 0) is 17.8 Å². The molecule has 5 nitrogen and oxygen atoms in total. The van der Waals surface area contributed by atoms with Crippen LogP contribution in [0.15, 0.2) is 53.0 Å². The van der Waals surface area contributed by atoms with Crippen molar-refractivity contribution in [3.8, 4) is 11.1 Å². The van der Waals surface area contributed by atoms with Crippen molar-refractivity contribution in [2.75, 3.05) is 11.9 Å². The number of hydrogen-bond acceptors (Lipinski definition) is 4. The van der Waals surface area contributed by atoms with Gasteiger partial charge in [-0.15, -0.1) is 0 Å². The summed E-state index contributed by atoms with van der Waals surface area (Å²) < 4.78 is 1.68. The molecular formula is C19H17N3O2S. The van der Waals surface area contributed by atoms with Crippen LogP contribution >= 0.6 is 11.3 Å². The lowest BCUT2D eigenvalue weighted by molar-refractivity contribution is -0.118. The molecule has 1 aliphatic heterocycles. The number of anilines is 1. The molecular weight excluding hydrogens is 334 g/mol. The van der Waals surface area contributed by atoms with Gasteiger partial charge in [0, 0.05) is 48.7 Å². The van der Waals surface area contributed by atoms with Crippen molar-refractivity contribution in [3.63, 3.8) is 0 Å². The molecule has 0 aliphatic carbocycles. The summed E-state index contributed by atoms with van der Waals surface area (Å²) in [4.78, 5) is 29.6. The number of pyridine rings is 1. The minimum absolute atomic E-state index is 0.0342. The highest BCUT2D eigenvalue weighted by Crippen LogP contribution is 2.31. The zero-order valence-corrected chi connectivity index (χ0v) is 14.6. The quantitative estimate of drug-likeness (QED) is 0.729. The van der Waals surface area contributed by atoms with E-state index in [1.54, 1.807) is 27.2 Å². The molecule has 1 amide bonds. The van der Waals surface area contributed by atoms with Crippen molar-refractivity contribution >= 4 is 22.9 Å². The average molecular weight is 351 g/mol. The Kier molecular flexibility index (Phi) is 3.97. The predicted molar refractivity (Wildman–Crippen MR) is 99.1 cm³/mol. The minimum atomic E-state index is 0.0342. The summed E-state index contributed by atoms with van der Waals surface area (Å²) in [6, 6.07) is 8.22. The predicted octanol–water partition coefficient (Wildman–Crippen LogP) is 2.93. The lowest BCUT2D eigenvalue weighted by Crippen LogP contribution is -2.30. The molecule has 0 bridgehead atoms. The summed E-state index contributed by atoms with van der Waals surface area (Å²) in [6.07, 6.45) is 6.74. The van der Waals surface area contributed by atoms with Gasteiger partial charge in [-0.1, -0.05) is 17.4 Å². The van der Waals surface area contributed by atoms with E-state index in [1.165, 1.54) is 16.9 Å². The van der Waals surface area contributed by atoms with E-state index in [4.69, 9.17) is 0 Å². The van der Waals surface area contributed by atoms with Gasteiger partial charge in [0.2, 0.25) is 5.91 Å². The second-order valence-electron chi connectivity index (χ2n) is 6.17. The zero-order valence-electron chi connectivity index (χ0n) is 13.8. The molecule has 0 N–H and O–H groups in total. The van der Waals surface area contributed by atoms with Crippen molar-refractivity contribution in [1.29, 1.82) is 0 Å². The molecule has 0 saturated carbocycles. The smallest absolute Gasteiger partial charge is 0.307 e. The van der Waals surface area contributed by atoms with Crippen molar-refractivity contribution in [3.05, 3.63) is 69.0 Å². The number of hydrogen-bond donors (Lipinski definition) is 0. The van der Waals surface area contributed by atoms with Crippen LogP contribution in [0.5, 0.6) is 0 Å². The van der Waals surface area contributed by atoms with Gasteiger partial charge >= 0.3 is 4.87 Å². The summed E-state index contributed by atoms with van der Waals surface area (Å²) in [5.74, 6) is 0.158. The first-order valence-corrected chi connectivity index (χ1v) is 8.97. The Morgan fingerprint density at radius 3 is 2.80 bits per heavy atom. The third-order valence-corrected chi connectivity index (χ3v) is 5.24. The molecule has 0 atom stereocenters. The molecule has 0 unspecified atom stereocenters. The Hall–Kier alpha value is -2.73. The first-order valence-electron chi connectivity index (χ1n) is 8.09. The SMILES string of the molecule is CN1C(=O)CCc2cc(-c3cncc(Cn4ccsc4=O)c3)ccc21. The van der Waals surface area contributed by atoms with Crippen LogP contribution in [0.1, 0.15) is 17.5 Å². The van der Waals surface area contributed by atoms with E-state index in [0.29, 0.717) is 13.0 Å². The maximum atomic E-state index is 11.8. The van der Waals surface area contributed by atoms with Gasteiger partial charge < -0.3 is 9.47 Å². The minimum Gasteiger partial charge on any atom is -0.315 e. The summed E-state index contributed by atoms with van der Waals surface area (Å²) in [7, 11) is 1.82. The largest absolute Gasteiger partial charge is 0.315 e. The summed E-state index contributed by atoms with van der Waals surface area (Å²) >= 11 is 1.19. The number of fused-ring (bicyclic) bond motifs is 1. The molecule has 2 aromatic heterocycles. The van der Waals surface area contributed by atoms with E-state index in [-0.39, 0.29) is 10.8 Å². The molecule has 3 aromatic rings. The molecule has 0 spiro atoms. The van der Waals surface area contributed by atoms with Crippen LogP contribution < -0.4 is 9.77 Å². The lowest BCUT2D eigenvalue weighted by atomic mass is 9.96. The molecule has 6 heteroatoms. The van der Waals surface area contributed by atoms with E-state index >= 15 is 0 Å². The third-order valence-electron chi connectivity index (χ3n) is 4.55. The van der Waals surface area contributed by atoms with E-state index in [1.807, 2.05) is 25.4 Å². The van der Waals surface area contributed by atoms with Crippen molar-refractivity contribution in [2.24, 2.45) is 0 Å². The van der Waals surface area contributed by atoms with Crippen molar-refractivity contribution in [1.82, 2.24) is 9.55 Å². The molecule has 0 radical (unpaired) electrons. The van der Waals surface area contributed by atoms with E-state index < -0.39 is 0 Å². The van der Waals surface area contributed by atoms with Crippen LogP contribution in [0, 0.1) is 0 Å². The third kappa shape index (κ3) is 3.00. The fraction of sp³-hybridized carbons (Fsp3) is 0.211. The fourth-order valence-electron chi connectivity index (χ4n) is 3.17. The maximum absolute atomic E-state index is 11.8. The standard InChI is InChI=1S/C19H17N3O2S/c1-21-17-4-2-14(9-15(17)3-5-18(21)23)16-8-13(10-20-11-16)12-22-6-7-25-19(22)24/h2,4,6-11H,3,5,12H2,1H3. The van der Waals surface area contributed by atoms with Gasteiger partial charge in [0.1, 0.15) is 0 Å². The first kappa shape index (κ1) is 15.8. The van der Waals surface area contributed by atoms with E-state index in [0.717, 1.165) is 28.8 Å². The second kappa shape index (κ2) is 6.29. The van der Waals surface area contributed by atoms with Crippen molar-refractivity contribution < 1.29 is 4.79 Å². The molecule has 126 valence electrons. The van der Waals surface area contributed by atoms with Gasteiger partial charge in [0.25, 0.3) is 0 Å². The van der Waals surface area contributed by atoms with Gasteiger partial charge in [0.15, 0.2) is 0 Å². The van der Waals surface area contributed by atoms with Crippen LogP contribution in [0.2, 0.25) is 0 Å². The van der Waals surface area contributed by atoms with E-state index in [2.05, 4.69) is 17.1 Å². The Labute approximate surface area is 149 Å². The highest BCUT2D eigenvalue weighted by Gasteiger charge is 2.21. The molecule has 1 aliphatic rings. The number of benzene rings is 1. The summed E-state index contributed by atoms with van der Waals surface area (Å²) in [5, 5.41) is 1.79. The monoisotopic (exact) mass is 351 g/mol. The van der Waals surface area contributed by atoms with E-state index in [9.17, 15) is 9.59 Å². The summed E-state index contributed by atoms with van der Waals surface area (Å²) in [5.41, 5.74) is 5.24. The normalized spacial score (nSPS) is 13.8. The van der Waals surface area contributed by atoms with Gasteiger partial charge in [-0.25, -0.2) is 0 Å². The van der Waals surface area contributed by atoms with Gasteiger partial charge in [-0.2, -0.15) is 0 Å². The highest BCUT2D eigenvalue weighted by atomic mass is 32.1. The number of aromatic nitrogens is 2. The molecule has 3 heterocycles. The van der Waals surface area contributed by atoms with Gasteiger partial charge in [-0.3, -0.25) is 14.6 Å². The fourth-order valence-corrected chi connectivity index (χ4v) is 3.76. The van der Waals surface area contributed by atoms with Crippen LogP contribution in [-0.4, -0.2) is 22.5 Å². The lowest BCUT2D eigenvalue weighted by Gasteiger charge is -2.26. The van der Waals surface area contributed by atoms with Crippen molar-refractivity contribution in [2.45, 2.75) is 19.4 Å².